The summed E-state index contributed by atoms with van der Waals surface area (Å²) in [5.41, 5.74) is -0.223. The second kappa shape index (κ2) is 6.53. The minimum atomic E-state index is -1.18. The van der Waals surface area contributed by atoms with Crippen molar-refractivity contribution in [1.82, 2.24) is 4.90 Å². The number of carbonyl (C=O) groups is 2. The van der Waals surface area contributed by atoms with Crippen LogP contribution < -0.4 is 5.32 Å². The van der Waals surface area contributed by atoms with E-state index >= 15 is 0 Å². The van der Waals surface area contributed by atoms with Crippen LogP contribution in [0.3, 0.4) is 0 Å². The predicted octanol–water partition coefficient (Wildman–Crippen LogP) is 2.17. The third-order valence-electron chi connectivity index (χ3n) is 3.34. The maximum atomic E-state index is 13.7. The number of ether oxygens (including phenoxy) is 1. The van der Waals surface area contributed by atoms with Crippen molar-refractivity contribution in [3.05, 3.63) is 29.6 Å². The number of anilines is 1. The Morgan fingerprint density at radius 3 is 2.95 bits per heavy atom. The van der Waals surface area contributed by atoms with Crippen LogP contribution in [-0.4, -0.2) is 47.8 Å². The molecule has 7 heteroatoms. The molecule has 6 nitrogen and oxygen atoms in total. The van der Waals surface area contributed by atoms with Gasteiger partial charge in [0.1, 0.15) is 5.82 Å². The number of aromatic carboxylic acids is 1. The fourth-order valence-electron chi connectivity index (χ4n) is 2.10. The molecule has 1 fully saturated rings. The average molecular weight is 296 g/mol. The van der Waals surface area contributed by atoms with E-state index in [9.17, 15) is 14.0 Å². The van der Waals surface area contributed by atoms with E-state index in [1.54, 1.807) is 0 Å². The van der Waals surface area contributed by atoms with Crippen molar-refractivity contribution in [2.45, 2.75) is 19.4 Å². The lowest BCUT2D eigenvalue weighted by Crippen LogP contribution is -2.47. The number of nitrogens with zero attached hydrogens (tertiary/aromatic N) is 1. The van der Waals surface area contributed by atoms with Gasteiger partial charge in [-0.3, -0.25) is 0 Å². The summed E-state index contributed by atoms with van der Waals surface area (Å²) in [7, 11) is 0. The summed E-state index contributed by atoms with van der Waals surface area (Å²) >= 11 is 0. The highest BCUT2D eigenvalue weighted by Gasteiger charge is 2.23. The van der Waals surface area contributed by atoms with Gasteiger partial charge in [0.2, 0.25) is 0 Å². The van der Waals surface area contributed by atoms with Gasteiger partial charge in [0.15, 0.2) is 0 Å². The number of carbonyl (C=O) groups excluding carboxylic acids is 1. The van der Waals surface area contributed by atoms with Crippen LogP contribution in [0.25, 0.3) is 0 Å². The van der Waals surface area contributed by atoms with Crippen molar-refractivity contribution >= 4 is 17.7 Å². The Labute approximate surface area is 121 Å². The molecule has 2 amide bonds. The van der Waals surface area contributed by atoms with E-state index in [0.29, 0.717) is 19.7 Å². The molecule has 2 rings (SSSR count). The molecule has 1 unspecified atom stereocenters. The molecule has 114 valence electrons. The molecular formula is C14H17FN2O4. The summed E-state index contributed by atoms with van der Waals surface area (Å²) < 4.78 is 19.1. The van der Waals surface area contributed by atoms with Crippen LogP contribution >= 0.6 is 0 Å². The zero-order valence-corrected chi connectivity index (χ0v) is 11.6. The first-order valence-electron chi connectivity index (χ1n) is 6.71. The molecule has 1 saturated heterocycles. The monoisotopic (exact) mass is 296 g/mol. The number of morpholine rings is 1. The summed E-state index contributed by atoms with van der Waals surface area (Å²) in [5, 5.41) is 11.3. The lowest BCUT2D eigenvalue weighted by Gasteiger charge is -2.32. The Kier molecular flexibility index (Phi) is 4.74. The van der Waals surface area contributed by atoms with E-state index in [4.69, 9.17) is 9.84 Å². The lowest BCUT2D eigenvalue weighted by atomic mass is 10.2. The number of rotatable bonds is 3. The number of benzene rings is 1. The molecule has 1 aromatic rings. The number of hydrogen-bond acceptors (Lipinski definition) is 3. The van der Waals surface area contributed by atoms with Crippen molar-refractivity contribution in [1.29, 1.82) is 0 Å². The summed E-state index contributed by atoms with van der Waals surface area (Å²) in [6, 6.07) is 2.81. The molecule has 0 aliphatic carbocycles. The van der Waals surface area contributed by atoms with Gasteiger partial charge < -0.3 is 20.1 Å². The van der Waals surface area contributed by atoms with Crippen LogP contribution in [0.5, 0.6) is 0 Å². The van der Waals surface area contributed by atoms with Crippen molar-refractivity contribution in [2.24, 2.45) is 0 Å². The fraction of sp³-hybridized carbons (Fsp3) is 0.429. The molecule has 1 aliphatic heterocycles. The van der Waals surface area contributed by atoms with Crippen LogP contribution in [0, 0.1) is 5.82 Å². The average Bonchev–Trinajstić information content (AvgIpc) is 2.49. The molecule has 1 heterocycles. The van der Waals surface area contributed by atoms with E-state index in [0.717, 1.165) is 24.6 Å². The maximum absolute atomic E-state index is 13.7. The van der Waals surface area contributed by atoms with E-state index < -0.39 is 17.8 Å². The van der Waals surface area contributed by atoms with Gasteiger partial charge in [-0.1, -0.05) is 6.92 Å². The van der Waals surface area contributed by atoms with E-state index in [2.05, 4.69) is 5.32 Å². The molecular weight excluding hydrogens is 279 g/mol. The number of hydrogen-bond donors (Lipinski definition) is 2. The normalized spacial score (nSPS) is 18.4. The summed E-state index contributed by atoms with van der Waals surface area (Å²) in [5.74, 6) is -1.85. The predicted molar refractivity (Wildman–Crippen MR) is 74.0 cm³/mol. The lowest BCUT2D eigenvalue weighted by molar-refractivity contribution is -0.0134. The summed E-state index contributed by atoms with van der Waals surface area (Å²) in [4.78, 5) is 24.5. The highest BCUT2D eigenvalue weighted by Crippen LogP contribution is 2.18. The topological polar surface area (TPSA) is 78.9 Å². The van der Waals surface area contributed by atoms with Crippen LogP contribution in [0.15, 0.2) is 18.2 Å². The Morgan fingerprint density at radius 1 is 1.52 bits per heavy atom. The molecule has 1 aromatic carbocycles. The van der Waals surface area contributed by atoms with Gasteiger partial charge in [0.25, 0.3) is 0 Å². The molecule has 0 spiro atoms. The summed E-state index contributed by atoms with van der Waals surface area (Å²) in [6.07, 6.45) is 0.756. The Bertz CT molecular complexity index is 550. The minimum Gasteiger partial charge on any atom is -0.478 e. The first-order valence-corrected chi connectivity index (χ1v) is 6.71. The molecule has 0 saturated carbocycles. The number of halogens is 1. The molecule has 0 radical (unpaired) electrons. The smallest absolute Gasteiger partial charge is 0.335 e. The largest absolute Gasteiger partial charge is 0.478 e. The standard InChI is InChI=1S/C14H17FN2O4/c1-2-10-8-17(5-6-21-10)14(20)16-12-7-9(13(18)19)3-4-11(12)15/h3-4,7,10H,2,5-6,8H2,1H3,(H,16,20)(H,18,19). The highest BCUT2D eigenvalue weighted by molar-refractivity contribution is 5.93. The number of carboxylic acids is 1. The molecule has 1 atom stereocenters. The third kappa shape index (κ3) is 3.69. The Balaban J connectivity index is 2.08. The van der Waals surface area contributed by atoms with Gasteiger partial charge >= 0.3 is 12.0 Å². The van der Waals surface area contributed by atoms with Crippen molar-refractivity contribution in [2.75, 3.05) is 25.0 Å². The summed E-state index contributed by atoms with van der Waals surface area (Å²) in [6.45, 7) is 3.25. The third-order valence-corrected chi connectivity index (χ3v) is 3.34. The Morgan fingerprint density at radius 2 is 2.29 bits per heavy atom. The molecule has 2 N–H and O–H groups in total. The van der Waals surface area contributed by atoms with Crippen LogP contribution in [0.2, 0.25) is 0 Å². The number of carboxylic acid groups (broad SMARTS) is 1. The van der Waals surface area contributed by atoms with Gasteiger partial charge in [-0.2, -0.15) is 0 Å². The number of nitrogens with one attached hydrogen (secondary N) is 1. The van der Waals surface area contributed by atoms with Gasteiger partial charge in [0, 0.05) is 13.1 Å². The second-order valence-electron chi connectivity index (χ2n) is 4.78. The van der Waals surface area contributed by atoms with Crippen LogP contribution in [0.1, 0.15) is 23.7 Å². The van der Waals surface area contributed by atoms with Crippen molar-refractivity contribution in [3.8, 4) is 0 Å². The van der Waals surface area contributed by atoms with Gasteiger partial charge in [-0.25, -0.2) is 14.0 Å². The zero-order chi connectivity index (χ0) is 15.4. The Hall–Kier alpha value is -2.15. The number of urea groups is 1. The van der Waals surface area contributed by atoms with E-state index in [1.807, 2.05) is 6.92 Å². The first kappa shape index (κ1) is 15.2. The molecule has 0 aromatic heterocycles. The highest BCUT2D eigenvalue weighted by atomic mass is 19.1. The van der Waals surface area contributed by atoms with Crippen LogP contribution in [0.4, 0.5) is 14.9 Å². The second-order valence-corrected chi connectivity index (χ2v) is 4.78. The quantitative estimate of drug-likeness (QED) is 0.896. The zero-order valence-electron chi connectivity index (χ0n) is 11.6. The SMILES string of the molecule is CCC1CN(C(=O)Nc2cc(C(=O)O)ccc2F)CCO1. The van der Waals surface area contributed by atoms with Gasteiger partial charge in [0.05, 0.1) is 24.0 Å². The van der Waals surface area contributed by atoms with E-state index in [1.165, 1.54) is 4.90 Å². The first-order chi connectivity index (χ1) is 10.0. The van der Waals surface area contributed by atoms with E-state index in [-0.39, 0.29) is 17.4 Å². The molecule has 21 heavy (non-hydrogen) atoms. The van der Waals surface area contributed by atoms with Gasteiger partial charge in [-0.05, 0) is 24.6 Å². The van der Waals surface area contributed by atoms with Crippen LogP contribution in [-0.2, 0) is 4.74 Å². The molecule has 0 bridgehead atoms. The van der Waals surface area contributed by atoms with Crippen molar-refractivity contribution < 1.29 is 23.8 Å². The number of amides is 2. The van der Waals surface area contributed by atoms with Crippen molar-refractivity contribution in [3.63, 3.8) is 0 Å². The molecule has 1 aliphatic rings. The van der Waals surface area contributed by atoms with Gasteiger partial charge in [-0.15, -0.1) is 0 Å². The maximum Gasteiger partial charge on any atom is 0.335 e. The minimum absolute atomic E-state index is 0.0281. The fourth-order valence-corrected chi connectivity index (χ4v) is 2.10.